The quantitative estimate of drug-likeness (QED) is 0.112. The summed E-state index contributed by atoms with van der Waals surface area (Å²) in [5.41, 5.74) is -2.35. The van der Waals surface area contributed by atoms with Crippen LogP contribution in [0, 0.1) is 0 Å². The molecule has 0 aromatic heterocycles. The summed E-state index contributed by atoms with van der Waals surface area (Å²) >= 11 is 0. The monoisotopic (exact) mass is 591 g/mol. The smallest absolute Gasteiger partial charge is 0.207 e. The summed E-state index contributed by atoms with van der Waals surface area (Å²) in [5, 5.41) is 144. The van der Waals surface area contributed by atoms with Crippen LogP contribution in [-0.2, 0) is 14.2 Å². The van der Waals surface area contributed by atoms with Gasteiger partial charge in [-0.2, -0.15) is 0 Å². The van der Waals surface area contributed by atoms with Gasteiger partial charge >= 0.3 is 0 Å². The highest BCUT2D eigenvalue weighted by Crippen LogP contribution is 2.36. The van der Waals surface area contributed by atoms with E-state index in [1.54, 1.807) is 0 Å². The van der Waals surface area contributed by atoms with Crippen LogP contribution in [0.25, 0.3) is 0 Å². The zero-order valence-electron chi connectivity index (χ0n) is 21.4. The Bertz CT molecular complexity index is 807. The Hall–Kier alpha value is -0.720. The fourth-order valence-electron chi connectivity index (χ4n) is 5.37. The van der Waals surface area contributed by atoms with E-state index >= 15 is 0 Å². The van der Waals surface area contributed by atoms with Gasteiger partial charge in [0.05, 0.1) is 51.7 Å². The molecular weight excluding hydrogens is 550 g/mol. The van der Waals surface area contributed by atoms with E-state index in [1.165, 1.54) is 0 Å². The molecule has 0 radical (unpaired) electrons. The molecule has 0 bridgehead atoms. The van der Waals surface area contributed by atoms with Crippen molar-refractivity contribution in [2.24, 2.45) is 0 Å². The molecule has 3 rings (SSSR count). The average molecular weight is 592 g/mol. The molecule has 18 heteroatoms. The van der Waals surface area contributed by atoms with Crippen LogP contribution in [0.3, 0.4) is 0 Å². The number of hydrogen-bond acceptors (Lipinski definition) is 18. The van der Waals surface area contributed by atoms with Crippen LogP contribution < -0.4 is 0 Å². The number of hydrogen-bond donors (Lipinski definition) is 14. The van der Waals surface area contributed by atoms with Gasteiger partial charge in [0.25, 0.3) is 0 Å². The molecule has 2 saturated heterocycles. The largest absolute Gasteiger partial charge is 0.395 e. The van der Waals surface area contributed by atoms with Crippen molar-refractivity contribution in [2.75, 3.05) is 39.6 Å². The molecule has 3 aliphatic rings. The maximum absolute atomic E-state index is 11.3. The van der Waals surface area contributed by atoms with Crippen LogP contribution in [0.5, 0.6) is 0 Å². The maximum Gasteiger partial charge on any atom is 0.207 e. The standard InChI is InChI=1S/C22H41NO17/c24-2-8(3-25)23(9-1-21(36,7-27)18(34)15(32)12(9)29)6-22(37)19(35)17(10(28)5-38-22)40-20-16(33)14(31)13(30)11(4-26)39-20/h8-20,24-37H,1-7H2/t9-,10+,11+,12-,13-,14-,15+,16+,17+,18-,19-,20-,21-,22?/m0/s1. The minimum Gasteiger partial charge on any atom is -0.395 e. The lowest BCUT2D eigenvalue weighted by Crippen LogP contribution is -2.72. The molecule has 1 aliphatic carbocycles. The predicted molar refractivity (Wildman–Crippen MR) is 125 cm³/mol. The van der Waals surface area contributed by atoms with Crippen LogP contribution in [0.4, 0.5) is 0 Å². The second-order valence-electron chi connectivity index (χ2n) is 10.6. The third kappa shape index (κ3) is 6.30. The first-order chi connectivity index (χ1) is 18.7. The fraction of sp³-hybridized carbons (Fsp3) is 1.00. The van der Waals surface area contributed by atoms with Crippen LogP contribution >= 0.6 is 0 Å². The predicted octanol–water partition coefficient (Wildman–Crippen LogP) is -9.15. The van der Waals surface area contributed by atoms with Gasteiger partial charge in [-0.25, -0.2) is 0 Å². The normalized spacial score (nSPS) is 48.6. The Morgan fingerprint density at radius 3 is 1.98 bits per heavy atom. The van der Waals surface area contributed by atoms with Gasteiger partial charge in [-0.3, -0.25) is 4.90 Å². The van der Waals surface area contributed by atoms with Gasteiger partial charge in [-0.1, -0.05) is 0 Å². The van der Waals surface area contributed by atoms with Gasteiger partial charge in [0.1, 0.15) is 60.5 Å². The van der Waals surface area contributed by atoms with Crippen LogP contribution in [0.2, 0.25) is 0 Å². The van der Waals surface area contributed by atoms with E-state index in [-0.39, 0.29) is 0 Å². The average Bonchev–Trinajstić information content (AvgIpc) is 2.94. The number of aliphatic hydroxyl groups excluding tert-OH is 12. The van der Waals surface area contributed by atoms with E-state index in [0.717, 1.165) is 4.90 Å². The second kappa shape index (κ2) is 13.3. The second-order valence-corrected chi connectivity index (χ2v) is 10.6. The molecule has 0 aromatic carbocycles. The summed E-state index contributed by atoms with van der Waals surface area (Å²) in [6.45, 7) is -5.06. The third-order valence-electron chi connectivity index (χ3n) is 7.98. The molecule has 2 heterocycles. The third-order valence-corrected chi connectivity index (χ3v) is 7.98. The van der Waals surface area contributed by atoms with Crippen molar-refractivity contribution < 1.29 is 85.7 Å². The summed E-state index contributed by atoms with van der Waals surface area (Å²) in [4.78, 5) is 0.978. The first-order valence-electron chi connectivity index (χ1n) is 12.7. The molecule has 3 fully saturated rings. The van der Waals surface area contributed by atoms with Crippen LogP contribution in [0.1, 0.15) is 6.42 Å². The Kier molecular flexibility index (Phi) is 11.2. The highest BCUT2D eigenvalue weighted by atomic mass is 16.7. The zero-order chi connectivity index (χ0) is 30.2. The summed E-state index contributed by atoms with van der Waals surface area (Å²) in [6, 6.07) is -2.78. The van der Waals surface area contributed by atoms with Crippen molar-refractivity contribution in [3.8, 4) is 0 Å². The van der Waals surface area contributed by atoms with Crippen molar-refractivity contribution in [2.45, 2.75) is 97.2 Å². The van der Waals surface area contributed by atoms with Crippen molar-refractivity contribution in [1.29, 1.82) is 0 Å². The Morgan fingerprint density at radius 1 is 0.800 bits per heavy atom. The first kappa shape index (κ1) is 33.8. The number of rotatable bonds is 10. The van der Waals surface area contributed by atoms with Gasteiger partial charge in [-0.05, 0) is 6.42 Å². The lowest BCUT2D eigenvalue weighted by Gasteiger charge is -2.53. The molecule has 1 saturated carbocycles. The van der Waals surface area contributed by atoms with E-state index in [0.29, 0.717) is 0 Å². The molecule has 14 atom stereocenters. The minimum atomic E-state index is -2.72. The van der Waals surface area contributed by atoms with Gasteiger partial charge in [0, 0.05) is 6.04 Å². The van der Waals surface area contributed by atoms with E-state index in [1.807, 2.05) is 0 Å². The summed E-state index contributed by atoms with van der Waals surface area (Å²) in [5.74, 6) is -2.72. The summed E-state index contributed by atoms with van der Waals surface area (Å²) in [7, 11) is 0. The SMILES string of the molecule is OCC(CO)N(CC1(O)OC[C@@H](O)[C@@H](O[C@@H]2O[C@H](CO)[C@H](O)[C@H](O)[C@H]2O)[C@@H]1O)[C@H]1C[C@](O)(CO)[C@@H](O)[C@H](O)[C@H]1O. The highest BCUT2D eigenvalue weighted by Gasteiger charge is 2.57. The van der Waals surface area contributed by atoms with E-state index in [9.17, 15) is 71.5 Å². The summed E-state index contributed by atoms with van der Waals surface area (Å²) < 4.78 is 16.0. The van der Waals surface area contributed by atoms with Crippen LogP contribution in [0.15, 0.2) is 0 Å². The van der Waals surface area contributed by atoms with Crippen molar-refractivity contribution in [3.63, 3.8) is 0 Å². The van der Waals surface area contributed by atoms with Crippen molar-refractivity contribution in [3.05, 3.63) is 0 Å². The van der Waals surface area contributed by atoms with Gasteiger partial charge in [0.15, 0.2) is 6.29 Å². The van der Waals surface area contributed by atoms with E-state index in [4.69, 9.17) is 14.2 Å². The molecule has 14 N–H and O–H groups in total. The van der Waals surface area contributed by atoms with E-state index in [2.05, 4.69) is 0 Å². The van der Waals surface area contributed by atoms with E-state index < -0.39 is 137 Å². The van der Waals surface area contributed by atoms with Gasteiger partial charge < -0.3 is 85.7 Å². The van der Waals surface area contributed by atoms with Crippen molar-refractivity contribution >= 4 is 0 Å². The molecule has 0 aromatic rings. The Morgan fingerprint density at radius 2 is 1.43 bits per heavy atom. The zero-order valence-corrected chi connectivity index (χ0v) is 21.4. The Balaban J connectivity index is 1.88. The lowest BCUT2D eigenvalue weighted by atomic mass is 9.75. The Labute approximate surface area is 228 Å². The summed E-state index contributed by atoms with van der Waals surface area (Å²) in [6.07, 6.45) is -20.9. The molecule has 236 valence electrons. The molecular formula is C22H41NO17. The fourth-order valence-corrected chi connectivity index (χ4v) is 5.37. The number of nitrogens with zero attached hydrogens (tertiary/aromatic N) is 1. The van der Waals surface area contributed by atoms with Gasteiger partial charge in [-0.15, -0.1) is 0 Å². The molecule has 1 unspecified atom stereocenters. The highest BCUT2D eigenvalue weighted by molar-refractivity contribution is 5.07. The molecule has 2 aliphatic heterocycles. The van der Waals surface area contributed by atoms with Gasteiger partial charge in [0.2, 0.25) is 5.79 Å². The maximum atomic E-state index is 11.3. The minimum absolute atomic E-state index is 0.640. The molecule has 0 amide bonds. The first-order valence-corrected chi connectivity index (χ1v) is 12.7. The topological polar surface area (TPSA) is 314 Å². The lowest BCUT2D eigenvalue weighted by molar-refractivity contribution is -0.372. The number of ether oxygens (including phenoxy) is 3. The molecule has 18 nitrogen and oxygen atoms in total. The van der Waals surface area contributed by atoms with Crippen LogP contribution in [-0.4, -0.2) is 207 Å². The molecule has 0 spiro atoms. The molecule has 40 heavy (non-hydrogen) atoms. The number of aliphatic hydroxyl groups is 14. The van der Waals surface area contributed by atoms with Crippen molar-refractivity contribution in [1.82, 2.24) is 4.90 Å².